The third-order valence-corrected chi connectivity index (χ3v) is 4.54. The van der Waals surface area contributed by atoms with Crippen molar-refractivity contribution >= 4 is 27.6 Å². The second-order valence-corrected chi connectivity index (χ2v) is 5.70. The summed E-state index contributed by atoms with van der Waals surface area (Å²) in [6.07, 6.45) is 7.05. The summed E-state index contributed by atoms with van der Waals surface area (Å²) in [6, 6.07) is 0. The van der Waals surface area contributed by atoms with Crippen LogP contribution in [0.5, 0.6) is 0 Å². The molecule has 1 aromatic heterocycles. The van der Waals surface area contributed by atoms with E-state index in [1.807, 2.05) is 0 Å². The van der Waals surface area contributed by atoms with Crippen LogP contribution in [0.25, 0.3) is 0 Å². The van der Waals surface area contributed by atoms with Crippen LogP contribution in [0, 0.1) is 11.3 Å². The van der Waals surface area contributed by atoms with Crippen LogP contribution in [0.2, 0.25) is 0 Å². The van der Waals surface area contributed by atoms with Gasteiger partial charge in [0.15, 0.2) is 0 Å². The van der Waals surface area contributed by atoms with E-state index in [4.69, 9.17) is 5.73 Å². The number of nitrogens with zero attached hydrogens (tertiary/aromatic N) is 2. The minimum atomic E-state index is 0.494. The van der Waals surface area contributed by atoms with E-state index in [-0.39, 0.29) is 0 Å². The number of nitrogens with one attached hydrogen (secondary N) is 1. The molecule has 0 aromatic carbocycles. The molecule has 1 heterocycles. The lowest BCUT2D eigenvalue weighted by Gasteiger charge is -2.16. The zero-order chi connectivity index (χ0) is 11.2. The van der Waals surface area contributed by atoms with Crippen LogP contribution < -0.4 is 11.1 Å². The zero-order valence-electron chi connectivity index (χ0n) is 9.04. The van der Waals surface area contributed by atoms with E-state index in [0.717, 1.165) is 22.8 Å². The largest absolute Gasteiger partial charge is 0.383 e. The molecule has 2 aliphatic carbocycles. The Morgan fingerprint density at radius 3 is 2.81 bits per heavy atom. The van der Waals surface area contributed by atoms with Gasteiger partial charge in [-0.25, -0.2) is 9.97 Å². The number of hydrogen-bond donors (Lipinski definition) is 2. The molecule has 0 amide bonds. The molecule has 86 valence electrons. The number of aromatic nitrogens is 2. The SMILES string of the molecule is Nc1ncnc(NCC2(C3CC3)CC2)c1Br. The normalized spacial score (nSPS) is 21.8. The van der Waals surface area contributed by atoms with Gasteiger partial charge in [0, 0.05) is 6.54 Å². The van der Waals surface area contributed by atoms with Crippen molar-refractivity contribution in [3.63, 3.8) is 0 Å². The molecular weight excluding hydrogens is 268 g/mol. The minimum Gasteiger partial charge on any atom is -0.383 e. The summed E-state index contributed by atoms with van der Waals surface area (Å²) in [5.74, 6) is 2.27. The van der Waals surface area contributed by atoms with Gasteiger partial charge >= 0.3 is 0 Å². The molecule has 3 N–H and O–H groups in total. The molecule has 0 spiro atoms. The van der Waals surface area contributed by atoms with Gasteiger partial charge in [-0.2, -0.15) is 0 Å². The van der Waals surface area contributed by atoms with Crippen molar-refractivity contribution in [1.82, 2.24) is 9.97 Å². The lowest BCUT2D eigenvalue weighted by atomic mass is 10.0. The van der Waals surface area contributed by atoms with Gasteiger partial charge in [0.25, 0.3) is 0 Å². The fraction of sp³-hybridized carbons (Fsp3) is 0.636. The van der Waals surface area contributed by atoms with Crippen molar-refractivity contribution in [2.45, 2.75) is 25.7 Å². The fourth-order valence-corrected chi connectivity index (χ4v) is 2.70. The minimum absolute atomic E-state index is 0.494. The fourth-order valence-electron chi connectivity index (χ4n) is 2.35. The third kappa shape index (κ3) is 1.77. The Kier molecular flexibility index (Phi) is 2.31. The first-order chi connectivity index (χ1) is 7.71. The standard InChI is InChI=1S/C11H15BrN4/c12-8-9(13)15-6-16-10(8)14-5-11(3-4-11)7-1-2-7/h6-7H,1-5H2,(H3,13,14,15,16). The van der Waals surface area contributed by atoms with E-state index in [0.29, 0.717) is 11.2 Å². The number of rotatable bonds is 4. The molecular formula is C11H15BrN4. The maximum atomic E-state index is 5.71. The van der Waals surface area contributed by atoms with Crippen molar-refractivity contribution in [2.24, 2.45) is 11.3 Å². The highest BCUT2D eigenvalue weighted by molar-refractivity contribution is 9.10. The van der Waals surface area contributed by atoms with Crippen molar-refractivity contribution in [1.29, 1.82) is 0 Å². The summed E-state index contributed by atoms with van der Waals surface area (Å²) >= 11 is 3.41. The highest BCUT2D eigenvalue weighted by Crippen LogP contribution is 2.61. The molecule has 0 unspecified atom stereocenters. The van der Waals surface area contributed by atoms with Gasteiger partial charge in [0.1, 0.15) is 22.4 Å². The van der Waals surface area contributed by atoms with E-state index >= 15 is 0 Å². The molecule has 1 aromatic rings. The number of nitrogens with two attached hydrogens (primary N) is 1. The first-order valence-electron chi connectivity index (χ1n) is 5.71. The van der Waals surface area contributed by atoms with Gasteiger partial charge in [-0.3, -0.25) is 0 Å². The second-order valence-electron chi connectivity index (χ2n) is 4.91. The van der Waals surface area contributed by atoms with Crippen molar-refractivity contribution in [3.8, 4) is 0 Å². The Labute approximate surface area is 103 Å². The van der Waals surface area contributed by atoms with Gasteiger partial charge in [-0.15, -0.1) is 0 Å². The first kappa shape index (κ1) is 10.3. The van der Waals surface area contributed by atoms with E-state index in [1.165, 1.54) is 32.0 Å². The number of anilines is 2. The summed E-state index contributed by atoms with van der Waals surface area (Å²) in [7, 11) is 0. The Balaban J connectivity index is 1.68. The lowest BCUT2D eigenvalue weighted by Crippen LogP contribution is -2.18. The van der Waals surface area contributed by atoms with Crippen molar-refractivity contribution in [2.75, 3.05) is 17.6 Å². The number of halogens is 1. The van der Waals surface area contributed by atoms with Crippen LogP contribution in [0.1, 0.15) is 25.7 Å². The maximum absolute atomic E-state index is 5.71. The summed E-state index contributed by atoms with van der Waals surface area (Å²) in [6.45, 7) is 1.02. The molecule has 2 aliphatic rings. The molecule has 0 radical (unpaired) electrons. The summed E-state index contributed by atoms with van der Waals surface area (Å²) in [5.41, 5.74) is 6.28. The van der Waals surface area contributed by atoms with E-state index < -0.39 is 0 Å². The number of nitrogen functional groups attached to an aromatic ring is 1. The molecule has 0 saturated heterocycles. The van der Waals surface area contributed by atoms with Gasteiger partial charge in [-0.05, 0) is 52.9 Å². The van der Waals surface area contributed by atoms with Gasteiger partial charge in [0.05, 0.1) is 0 Å². The Bertz CT molecular complexity index is 412. The Morgan fingerprint density at radius 1 is 1.44 bits per heavy atom. The molecule has 2 fully saturated rings. The monoisotopic (exact) mass is 282 g/mol. The van der Waals surface area contributed by atoms with Crippen LogP contribution in [-0.4, -0.2) is 16.5 Å². The van der Waals surface area contributed by atoms with Crippen LogP contribution in [0.15, 0.2) is 10.8 Å². The molecule has 0 atom stereocenters. The van der Waals surface area contributed by atoms with Gasteiger partial charge in [-0.1, -0.05) is 0 Å². The Hall–Kier alpha value is -0.840. The Morgan fingerprint density at radius 2 is 2.19 bits per heavy atom. The molecule has 0 bridgehead atoms. The average Bonchev–Trinajstić information content (AvgIpc) is 3.14. The van der Waals surface area contributed by atoms with Crippen LogP contribution in [0.4, 0.5) is 11.6 Å². The predicted octanol–water partition coefficient (Wildman–Crippen LogP) is 2.42. The lowest BCUT2D eigenvalue weighted by molar-refractivity contribution is 0.466. The van der Waals surface area contributed by atoms with Crippen LogP contribution >= 0.6 is 15.9 Å². The molecule has 16 heavy (non-hydrogen) atoms. The highest BCUT2D eigenvalue weighted by Gasteiger charge is 2.53. The van der Waals surface area contributed by atoms with Crippen LogP contribution in [0.3, 0.4) is 0 Å². The molecule has 2 saturated carbocycles. The zero-order valence-corrected chi connectivity index (χ0v) is 10.6. The van der Waals surface area contributed by atoms with Gasteiger partial charge < -0.3 is 11.1 Å². The highest BCUT2D eigenvalue weighted by atomic mass is 79.9. The third-order valence-electron chi connectivity index (χ3n) is 3.76. The average molecular weight is 283 g/mol. The summed E-state index contributed by atoms with van der Waals surface area (Å²) < 4.78 is 0.779. The molecule has 5 heteroatoms. The van der Waals surface area contributed by atoms with Crippen LogP contribution in [-0.2, 0) is 0 Å². The smallest absolute Gasteiger partial charge is 0.145 e. The molecule has 0 aliphatic heterocycles. The summed E-state index contributed by atoms with van der Waals surface area (Å²) in [4.78, 5) is 8.13. The van der Waals surface area contributed by atoms with Crippen molar-refractivity contribution < 1.29 is 0 Å². The van der Waals surface area contributed by atoms with Gasteiger partial charge in [0.2, 0.25) is 0 Å². The number of hydrogen-bond acceptors (Lipinski definition) is 4. The molecule has 3 rings (SSSR count). The second kappa shape index (κ2) is 3.58. The van der Waals surface area contributed by atoms with E-state index in [1.54, 1.807) is 0 Å². The van der Waals surface area contributed by atoms with Crippen molar-refractivity contribution in [3.05, 3.63) is 10.8 Å². The topological polar surface area (TPSA) is 63.8 Å². The first-order valence-corrected chi connectivity index (χ1v) is 6.50. The van der Waals surface area contributed by atoms with E-state index in [9.17, 15) is 0 Å². The maximum Gasteiger partial charge on any atom is 0.145 e. The predicted molar refractivity (Wildman–Crippen MR) is 67.0 cm³/mol. The molecule has 4 nitrogen and oxygen atoms in total. The van der Waals surface area contributed by atoms with E-state index in [2.05, 4.69) is 31.2 Å². The summed E-state index contributed by atoms with van der Waals surface area (Å²) in [5, 5.41) is 3.40. The quantitative estimate of drug-likeness (QED) is 0.890.